The topological polar surface area (TPSA) is 114 Å². The number of thiazole rings is 1. The van der Waals surface area contributed by atoms with Crippen molar-refractivity contribution < 1.29 is 9.35 Å². The highest BCUT2D eigenvalue weighted by atomic mass is 32.2. The maximum Gasteiger partial charge on any atom is 0.319 e. The highest BCUT2D eigenvalue weighted by molar-refractivity contribution is 7.89. The summed E-state index contributed by atoms with van der Waals surface area (Å²) in [5.41, 5.74) is 3.89. The second-order valence-corrected chi connectivity index (χ2v) is 11.6. The quantitative estimate of drug-likeness (QED) is 0.217. The van der Waals surface area contributed by atoms with E-state index in [0.717, 1.165) is 32.3 Å². The molecule has 2 aromatic carbocycles. The Bertz CT molecular complexity index is 1340. The lowest BCUT2D eigenvalue weighted by Crippen LogP contribution is -2.40. The minimum Gasteiger partial charge on any atom is -0.593 e. The van der Waals surface area contributed by atoms with E-state index in [1.54, 1.807) is 30.7 Å². The molecule has 8 nitrogen and oxygen atoms in total. The third kappa shape index (κ3) is 7.30. The first-order valence-corrected chi connectivity index (χ1v) is 13.7. The predicted molar refractivity (Wildman–Crippen MR) is 152 cm³/mol. The summed E-state index contributed by atoms with van der Waals surface area (Å²) in [4.78, 5) is 22.6. The highest BCUT2D eigenvalue weighted by Gasteiger charge is 2.26. The number of hydrogen-bond donors (Lipinski definition) is 4. The summed E-state index contributed by atoms with van der Waals surface area (Å²) in [6, 6.07) is 16.8. The number of pyridine rings is 1. The van der Waals surface area contributed by atoms with E-state index in [2.05, 4.69) is 30.6 Å². The smallest absolute Gasteiger partial charge is 0.319 e. The van der Waals surface area contributed by atoms with Crippen LogP contribution in [0.25, 0.3) is 21.0 Å². The van der Waals surface area contributed by atoms with Gasteiger partial charge in [-0.2, -0.15) is 0 Å². The number of amides is 2. The molecule has 2 aromatic heterocycles. The Morgan fingerprint density at radius 3 is 2.49 bits per heavy atom. The van der Waals surface area contributed by atoms with Crippen molar-refractivity contribution in [3.63, 3.8) is 0 Å². The number of anilines is 2. The zero-order chi connectivity index (χ0) is 26.4. The van der Waals surface area contributed by atoms with E-state index in [9.17, 15) is 9.35 Å². The normalized spacial score (nSPS) is 12.1. The fourth-order valence-corrected chi connectivity index (χ4v) is 5.77. The number of urea groups is 1. The van der Waals surface area contributed by atoms with Crippen LogP contribution in [-0.4, -0.2) is 33.1 Å². The Morgan fingerprint density at radius 1 is 1.05 bits per heavy atom. The molecule has 0 bridgehead atoms. The van der Waals surface area contributed by atoms with E-state index in [-0.39, 0.29) is 11.6 Å². The molecule has 0 radical (unpaired) electrons. The molecule has 2 heterocycles. The number of aromatic nitrogens is 2. The summed E-state index contributed by atoms with van der Waals surface area (Å²) in [6.07, 6.45) is 5.18. The first-order valence-electron chi connectivity index (χ1n) is 11.7. The lowest BCUT2D eigenvalue weighted by molar-refractivity contribution is 0.251. The van der Waals surface area contributed by atoms with Crippen molar-refractivity contribution in [1.29, 1.82) is 0 Å². The molecule has 2 amide bonds. The maximum atomic E-state index is 13.4. The molecule has 1 unspecified atom stereocenters. The fourth-order valence-electron chi connectivity index (χ4n) is 3.46. The van der Waals surface area contributed by atoms with Gasteiger partial charge in [-0.3, -0.25) is 4.98 Å². The Balaban J connectivity index is 1.58. The maximum absolute atomic E-state index is 13.4. The molecule has 1 atom stereocenters. The molecule has 0 saturated heterocycles. The fraction of sp³-hybridized carbons (Fsp3) is 0.222. The monoisotopic (exact) mass is 534 g/mol. The Morgan fingerprint density at radius 2 is 1.81 bits per heavy atom. The van der Waals surface area contributed by atoms with Crippen LogP contribution in [0.5, 0.6) is 0 Å². The van der Waals surface area contributed by atoms with Crippen LogP contribution in [0.1, 0.15) is 26.3 Å². The van der Waals surface area contributed by atoms with Crippen LogP contribution in [-0.2, 0) is 17.9 Å². The van der Waals surface area contributed by atoms with Crippen molar-refractivity contribution in [1.82, 2.24) is 20.0 Å². The average Bonchev–Trinajstić information content (AvgIpc) is 3.37. The Labute approximate surface area is 224 Å². The van der Waals surface area contributed by atoms with Gasteiger partial charge >= 0.3 is 6.03 Å². The van der Waals surface area contributed by atoms with Gasteiger partial charge in [0.15, 0.2) is 4.90 Å². The van der Waals surface area contributed by atoms with E-state index in [1.165, 1.54) is 11.3 Å². The molecule has 0 aliphatic carbocycles. The predicted octanol–water partition coefficient (Wildman–Crippen LogP) is 5.65. The van der Waals surface area contributed by atoms with Crippen LogP contribution in [0.15, 0.2) is 78.1 Å². The van der Waals surface area contributed by atoms with Crippen molar-refractivity contribution in [2.75, 3.05) is 17.7 Å². The molecular formula is C27H30N6O2S2. The molecule has 4 rings (SSSR count). The summed E-state index contributed by atoms with van der Waals surface area (Å²) in [7, 11) is 1.88. The molecule has 0 spiro atoms. The van der Waals surface area contributed by atoms with Crippen molar-refractivity contribution in [2.24, 2.45) is 0 Å². The van der Waals surface area contributed by atoms with E-state index >= 15 is 0 Å². The SMILES string of the molecule is CNc1ccc(-c2ncc(-c3ccc(NC(=O)NCc4cccnc4)cc3[S+]([O-])NC(C)(C)C)s2)cc1. The van der Waals surface area contributed by atoms with Crippen LogP contribution in [0.4, 0.5) is 16.2 Å². The molecule has 192 valence electrons. The van der Waals surface area contributed by atoms with E-state index in [0.29, 0.717) is 17.1 Å². The molecule has 0 aliphatic rings. The number of carbonyl (C=O) groups is 1. The largest absolute Gasteiger partial charge is 0.593 e. The van der Waals surface area contributed by atoms with Crippen molar-refractivity contribution in [3.8, 4) is 21.0 Å². The van der Waals surface area contributed by atoms with Crippen LogP contribution in [0.2, 0.25) is 0 Å². The summed E-state index contributed by atoms with van der Waals surface area (Å²) in [6.45, 7) is 6.22. The van der Waals surface area contributed by atoms with Gasteiger partial charge in [0.1, 0.15) is 5.01 Å². The first-order chi connectivity index (χ1) is 17.7. The average molecular weight is 535 g/mol. The lowest BCUT2D eigenvalue weighted by Gasteiger charge is -2.23. The number of rotatable bonds is 8. The van der Waals surface area contributed by atoms with Gasteiger partial charge in [0.2, 0.25) is 0 Å². The van der Waals surface area contributed by atoms with Gasteiger partial charge in [0.05, 0.1) is 27.3 Å². The van der Waals surface area contributed by atoms with Gasteiger partial charge in [0, 0.05) is 55.2 Å². The second kappa shape index (κ2) is 11.7. The summed E-state index contributed by atoms with van der Waals surface area (Å²) in [5, 5.41) is 9.64. The summed E-state index contributed by atoms with van der Waals surface area (Å²) >= 11 is 0.00584. The third-order valence-electron chi connectivity index (χ3n) is 5.21. The van der Waals surface area contributed by atoms with Crippen LogP contribution in [0.3, 0.4) is 0 Å². The van der Waals surface area contributed by atoms with E-state index < -0.39 is 11.4 Å². The number of benzene rings is 2. The minimum absolute atomic E-state index is 0.348. The molecule has 0 saturated carbocycles. The molecule has 4 N–H and O–H groups in total. The minimum atomic E-state index is -1.52. The van der Waals surface area contributed by atoms with Gasteiger partial charge < -0.3 is 20.5 Å². The molecule has 0 fully saturated rings. The van der Waals surface area contributed by atoms with Crippen molar-refractivity contribution in [3.05, 3.63) is 78.8 Å². The third-order valence-corrected chi connectivity index (χ3v) is 7.82. The van der Waals surface area contributed by atoms with Gasteiger partial charge in [-0.15, -0.1) is 16.1 Å². The number of carbonyl (C=O) groups excluding carboxylic acids is 1. The molecule has 37 heavy (non-hydrogen) atoms. The zero-order valence-corrected chi connectivity index (χ0v) is 22.8. The van der Waals surface area contributed by atoms with Crippen molar-refractivity contribution in [2.45, 2.75) is 37.8 Å². The Hall–Kier alpha value is -3.44. The highest BCUT2D eigenvalue weighted by Crippen LogP contribution is 2.37. The van der Waals surface area contributed by atoms with E-state index in [1.807, 2.05) is 70.3 Å². The number of nitrogens with zero attached hydrogens (tertiary/aromatic N) is 2. The van der Waals surface area contributed by atoms with E-state index in [4.69, 9.17) is 0 Å². The standard InChI is InChI=1S/C27H30N6O2S2/c1-27(2,3)33-37(35)24-14-21(32-26(34)31-16-18-6-5-13-29-15-18)11-12-22(24)23-17-30-25(36-23)19-7-9-20(28-4)10-8-19/h5-15,17,28,33H,16H2,1-4H3,(H2,31,32,34). The Kier molecular flexibility index (Phi) is 8.45. The molecule has 10 heteroatoms. The van der Waals surface area contributed by atoms with Gasteiger partial charge in [0.25, 0.3) is 0 Å². The van der Waals surface area contributed by atoms with Crippen molar-refractivity contribution >= 4 is 40.1 Å². The lowest BCUT2D eigenvalue weighted by atomic mass is 10.1. The van der Waals surface area contributed by atoms with Gasteiger partial charge in [-0.1, -0.05) is 6.07 Å². The zero-order valence-electron chi connectivity index (χ0n) is 21.2. The summed E-state index contributed by atoms with van der Waals surface area (Å²) in [5.74, 6) is 0. The second-order valence-electron chi connectivity index (χ2n) is 9.36. The molecular weight excluding hydrogens is 504 g/mol. The van der Waals surface area contributed by atoms with Crippen LogP contribution < -0.4 is 20.7 Å². The van der Waals surface area contributed by atoms with Crippen LogP contribution in [0, 0.1) is 0 Å². The summed E-state index contributed by atoms with van der Waals surface area (Å²) < 4.78 is 16.5. The van der Waals surface area contributed by atoms with Gasteiger partial charge in [-0.05, 0) is 68.8 Å². The van der Waals surface area contributed by atoms with Gasteiger partial charge in [-0.25, -0.2) is 9.78 Å². The molecule has 4 aromatic rings. The molecule has 0 aliphatic heterocycles. The number of hydrogen-bond acceptors (Lipinski definition) is 7. The first kappa shape index (κ1) is 26.6. The number of nitrogens with one attached hydrogen (secondary N) is 4. The van der Waals surface area contributed by atoms with Crippen LogP contribution >= 0.6 is 11.3 Å².